The minimum Gasteiger partial charge on any atom is -0.313 e. The zero-order valence-corrected chi connectivity index (χ0v) is 13.9. The van der Waals surface area contributed by atoms with Crippen molar-refractivity contribution in [2.75, 3.05) is 12.3 Å². The van der Waals surface area contributed by atoms with Gasteiger partial charge in [-0.3, -0.25) is 0 Å². The second-order valence-electron chi connectivity index (χ2n) is 6.70. The first-order valence-electron chi connectivity index (χ1n) is 7.85. The summed E-state index contributed by atoms with van der Waals surface area (Å²) in [5.74, 6) is 3.15. The molecule has 0 aliphatic heterocycles. The van der Waals surface area contributed by atoms with Gasteiger partial charge in [0, 0.05) is 16.5 Å². The Morgan fingerprint density at radius 1 is 1.17 bits per heavy atom. The van der Waals surface area contributed by atoms with Crippen LogP contribution >= 0.6 is 11.8 Å². The standard InChI is InChI=1S/C16H33NS/c1-6-13-10-8-9-11-14(13)15(17-7-2)12-18-16(3,4)5/h13-15,17H,6-12H2,1-5H3. The molecule has 1 N–H and O–H groups in total. The summed E-state index contributed by atoms with van der Waals surface area (Å²) in [6.45, 7) is 12.7. The summed E-state index contributed by atoms with van der Waals surface area (Å²) < 4.78 is 0.393. The van der Waals surface area contributed by atoms with E-state index >= 15 is 0 Å². The molecule has 2 heteroatoms. The summed E-state index contributed by atoms with van der Waals surface area (Å²) in [6, 6.07) is 0.726. The van der Waals surface area contributed by atoms with Crippen LogP contribution in [0, 0.1) is 11.8 Å². The maximum absolute atomic E-state index is 3.77. The topological polar surface area (TPSA) is 12.0 Å². The molecule has 0 heterocycles. The van der Waals surface area contributed by atoms with Crippen molar-refractivity contribution in [3.63, 3.8) is 0 Å². The molecule has 0 saturated heterocycles. The van der Waals surface area contributed by atoms with Crippen LogP contribution in [0.2, 0.25) is 0 Å². The third-order valence-electron chi connectivity index (χ3n) is 4.17. The Kier molecular flexibility index (Phi) is 7.08. The van der Waals surface area contributed by atoms with Gasteiger partial charge in [0.2, 0.25) is 0 Å². The number of hydrogen-bond acceptors (Lipinski definition) is 2. The molecule has 0 aromatic heterocycles. The van der Waals surface area contributed by atoms with Crippen molar-refractivity contribution in [3.8, 4) is 0 Å². The largest absolute Gasteiger partial charge is 0.313 e. The van der Waals surface area contributed by atoms with Crippen LogP contribution in [-0.2, 0) is 0 Å². The SMILES string of the molecule is CCNC(CSC(C)(C)C)C1CCCCC1CC. The normalized spacial score (nSPS) is 27.2. The number of thioether (sulfide) groups is 1. The molecule has 0 aromatic rings. The Hall–Kier alpha value is 0.310. The quantitative estimate of drug-likeness (QED) is 0.750. The van der Waals surface area contributed by atoms with E-state index in [2.05, 4.69) is 51.7 Å². The minimum absolute atomic E-state index is 0.393. The van der Waals surface area contributed by atoms with Crippen molar-refractivity contribution in [1.29, 1.82) is 0 Å². The van der Waals surface area contributed by atoms with Gasteiger partial charge in [0.1, 0.15) is 0 Å². The van der Waals surface area contributed by atoms with Crippen LogP contribution in [0.1, 0.15) is 66.7 Å². The Balaban J connectivity index is 2.57. The van der Waals surface area contributed by atoms with Gasteiger partial charge in [-0.1, -0.05) is 60.3 Å². The average Bonchev–Trinajstić information content (AvgIpc) is 2.33. The van der Waals surface area contributed by atoms with E-state index in [4.69, 9.17) is 0 Å². The second-order valence-corrected chi connectivity index (χ2v) is 8.55. The van der Waals surface area contributed by atoms with Gasteiger partial charge in [0.15, 0.2) is 0 Å². The Morgan fingerprint density at radius 2 is 1.83 bits per heavy atom. The summed E-state index contributed by atoms with van der Waals surface area (Å²) in [5.41, 5.74) is 0. The lowest BCUT2D eigenvalue weighted by Crippen LogP contribution is -2.43. The Bertz CT molecular complexity index is 222. The van der Waals surface area contributed by atoms with E-state index in [1.54, 1.807) is 0 Å². The predicted molar refractivity (Wildman–Crippen MR) is 85.4 cm³/mol. The molecule has 1 nitrogen and oxygen atoms in total. The van der Waals surface area contributed by atoms with E-state index in [0.717, 1.165) is 24.4 Å². The summed E-state index contributed by atoms with van der Waals surface area (Å²) in [5, 5.41) is 3.77. The smallest absolute Gasteiger partial charge is 0.0189 e. The van der Waals surface area contributed by atoms with E-state index in [1.165, 1.54) is 37.9 Å². The highest BCUT2D eigenvalue weighted by Gasteiger charge is 2.31. The highest BCUT2D eigenvalue weighted by molar-refractivity contribution is 8.00. The third kappa shape index (κ3) is 5.52. The van der Waals surface area contributed by atoms with E-state index in [0.29, 0.717) is 4.75 Å². The first-order valence-corrected chi connectivity index (χ1v) is 8.83. The molecular weight excluding hydrogens is 238 g/mol. The zero-order chi connectivity index (χ0) is 13.6. The highest BCUT2D eigenvalue weighted by atomic mass is 32.2. The fourth-order valence-corrected chi connectivity index (χ4v) is 4.25. The Morgan fingerprint density at radius 3 is 2.39 bits per heavy atom. The van der Waals surface area contributed by atoms with Crippen molar-refractivity contribution in [1.82, 2.24) is 5.32 Å². The zero-order valence-electron chi connectivity index (χ0n) is 13.1. The first kappa shape index (κ1) is 16.4. The molecule has 108 valence electrons. The van der Waals surface area contributed by atoms with Gasteiger partial charge in [-0.2, -0.15) is 11.8 Å². The van der Waals surface area contributed by atoms with Crippen LogP contribution in [0.5, 0.6) is 0 Å². The van der Waals surface area contributed by atoms with E-state index in [9.17, 15) is 0 Å². The van der Waals surface area contributed by atoms with Crippen LogP contribution in [0.4, 0.5) is 0 Å². The van der Waals surface area contributed by atoms with E-state index in [1.807, 2.05) is 0 Å². The van der Waals surface area contributed by atoms with Gasteiger partial charge < -0.3 is 5.32 Å². The lowest BCUT2D eigenvalue weighted by Gasteiger charge is -2.38. The molecule has 0 radical (unpaired) electrons. The summed E-state index contributed by atoms with van der Waals surface area (Å²) >= 11 is 2.13. The van der Waals surface area contributed by atoms with Gasteiger partial charge in [0.05, 0.1) is 0 Å². The molecule has 1 aliphatic rings. The molecule has 3 atom stereocenters. The third-order valence-corrected chi connectivity index (χ3v) is 5.56. The van der Waals surface area contributed by atoms with Crippen LogP contribution in [0.15, 0.2) is 0 Å². The van der Waals surface area contributed by atoms with Gasteiger partial charge in [-0.05, 0) is 24.8 Å². The van der Waals surface area contributed by atoms with Gasteiger partial charge in [0.25, 0.3) is 0 Å². The molecule has 0 aromatic carbocycles. The lowest BCUT2D eigenvalue weighted by atomic mass is 9.74. The molecule has 1 saturated carbocycles. The number of nitrogens with one attached hydrogen (secondary N) is 1. The van der Waals surface area contributed by atoms with Gasteiger partial charge >= 0.3 is 0 Å². The summed E-state index contributed by atoms with van der Waals surface area (Å²) in [4.78, 5) is 0. The molecule has 0 spiro atoms. The molecular formula is C16H33NS. The predicted octanol–water partition coefficient (Wildman–Crippen LogP) is 4.71. The minimum atomic E-state index is 0.393. The van der Waals surface area contributed by atoms with Gasteiger partial charge in [-0.15, -0.1) is 0 Å². The molecule has 18 heavy (non-hydrogen) atoms. The molecule has 1 rings (SSSR count). The van der Waals surface area contributed by atoms with E-state index < -0.39 is 0 Å². The maximum atomic E-state index is 3.77. The molecule has 1 aliphatic carbocycles. The van der Waals surface area contributed by atoms with Gasteiger partial charge in [-0.25, -0.2) is 0 Å². The van der Waals surface area contributed by atoms with Crippen molar-refractivity contribution in [2.45, 2.75) is 77.5 Å². The molecule has 3 unspecified atom stereocenters. The van der Waals surface area contributed by atoms with Crippen molar-refractivity contribution in [2.24, 2.45) is 11.8 Å². The average molecular weight is 272 g/mol. The molecule has 1 fully saturated rings. The lowest BCUT2D eigenvalue weighted by molar-refractivity contribution is 0.186. The highest BCUT2D eigenvalue weighted by Crippen LogP contribution is 2.36. The fraction of sp³-hybridized carbons (Fsp3) is 1.00. The first-order chi connectivity index (χ1) is 8.48. The van der Waals surface area contributed by atoms with Crippen molar-refractivity contribution in [3.05, 3.63) is 0 Å². The summed E-state index contributed by atoms with van der Waals surface area (Å²) in [7, 11) is 0. The Labute approximate surface area is 119 Å². The van der Waals surface area contributed by atoms with Crippen molar-refractivity contribution < 1.29 is 0 Å². The van der Waals surface area contributed by atoms with Crippen LogP contribution < -0.4 is 5.32 Å². The fourth-order valence-electron chi connectivity index (χ4n) is 3.21. The second kappa shape index (κ2) is 7.79. The number of rotatable bonds is 6. The molecule has 0 bridgehead atoms. The number of hydrogen-bond donors (Lipinski definition) is 1. The summed E-state index contributed by atoms with van der Waals surface area (Å²) in [6.07, 6.45) is 7.18. The van der Waals surface area contributed by atoms with Crippen LogP contribution in [0.3, 0.4) is 0 Å². The van der Waals surface area contributed by atoms with Crippen LogP contribution in [-0.4, -0.2) is 23.1 Å². The molecule has 0 amide bonds. The van der Waals surface area contributed by atoms with Crippen molar-refractivity contribution >= 4 is 11.8 Å². The van der Waals surface area contributed by atoms with E-state index in [-0.39, 0.29) is 0 Å². The maximum Gasteiger partial charge on any atom is 0.0189 e. The van der Waals surface area contributed by atoms with Crippen LogP contribution in [0.25, 0.3) is 0 Å². The monoisotopic (exact) mass is 271 g/mol.